The van der Waals surface area contributed by atoms with Gasteiger partial charge in [0, 0.05) is 49.3 Å². The second-order valence-electron chi connectivity index (χ2n) is 17.2. The fourth-order valence-electron chi connectivity index (χ4n) is 10.4. The molecule has 0 N–H and O–H groups in total. The average molecular weight is 840 g/mol. The molecule has 0 fully saturated rings. The molecule has 14 aromatic rings. The quantitative estimate of drug-likeness (QED) is 0.173. The predicted molar refractivity (Wildman–Crippen MR) is 275 cm³/mol. The maximum atomic E-state index is 5.28. The number of rotatable bonds is 5. The van der Waals surface area contributed by atoms with Crippen molar-refractivity contribution in [3.8, 4) is 45.5 Å². The number of para-hydroxylation sites is 1. The van der Waals surface area contributed by atoms with Gasteiger partial charge in [-0.2, -0.15) is 0 Å². The molecule has 5 nitrogen and oxygen atoms in total. The number of benzene rings is 11. The molecule has 3 aromatic heterocycles. The number of hydrogen-bond acceptors (Lipinski definition) is 3. The van der Waals surface area contributed by atoms with Crippen LogP contribution in [0.3, 0.4) is 0 Å². The van der Waals surface area contributed by atoms with Crippen LogP contribution in [0.25, 0.3) is 132 Å². The number of fused-ring (bicyclic) bond motifs is 11. The molecule has 0 radical (unpaired) electrons. The van der Waals surface area contributed by atoms with Gasteiger partial charge in [0.15, 0.2) is 17.5 Å². The Morgan fingerprint density at radius 3 is 1.61 bits per heavy atom. The molecule has 0 atom stereocenters. The maximum Gasteiger partial charge on any atom is 0.164 e. The van der Waals surface area contributed by atoms with Crippen molar-refractivity contribution < 1.29 is 0 Å². The molecule has 0 saturated heterocycles. The summed E-state index contributed by atoms with van der Waals surface area (Å²) < 4.78 is 4.92. The van der Waals surface area contributed by atoms with Crippen LogP contribution in [-0.4, -0.2) is 24.1 Å². The molecular weight excluding hydrogens is 803 g/mol. The van der Waals surface area contributed by atoms with Gasteiger partial charge in [0.1, 0.15) is 0 Å². The molecule has 11 aromatic carbocycles. The van der Waals surface area contributed by atoms with Crippen LogP contribution >= 0.6 is 0 Å². The highest BCUT2D eigenvalue weighted by Crippen LogP contribution is 2.43. The van der Waals surface area contributed by atoms with Crippen molar-refractivity contribution in [3.63, 3.8) is 0 Å². The first-order valence-corrected chi connectivity index (χ1v) is 22.4. The van der Waals surface area contributed by atoms with Gasteiger partial charge in [-0.05, 0) is 92.3 Å². The van der Waals surface area contributed by atoms with E-state index in [1.807, 2.05) is 18.2 Å². The van der Waals surface area contributed by atoms with Crippen LogP contribution in [0.15, 0.2) is 224 Å². The molecule has 3 heterocycles. The zero-order valence-corrected chi connectivity index (χ0v) is 35.6. The van der Waals surface area contributed by atoms with E-state index < -0.39 is 0 Å². The third-order valence-electron chi connectivity index (χ3n) is 13.5. The van der Waals surface area contributed by atoms with Crippen molar-refractivity contribution in [1.29, 1.82) is 0 Å². The van der Waals surface area contributed by atoms with E-state index in [4.69, 9.17) is 15.0 Å². The minimum Gasteiger partial charge on any atom is -0.309 e. The largest absolute Gasteiger partial charge is 0.309 e. The summed E-state index contributed by atoms with van der Waals surface area (Å²) in [5.41, 5.74) is 9.56. The summed E-state index contributed by atoms with van der Waals surface area (Å²) in [5.74, 6) is 1.88. The lowest BCUT2D eigenvalue weighted by atomic mass is 10.0. The zero-order chi connectivity index (χ0) is 43.3. The molecule has 0 spiro atoms. The van der Waals surface area contributed by atoms with Crippen LogP contribution < -0.4 is 0 Å². The van der Waals surface area contributed by atoms with Gasteiger partial charge in [0.2, 0.25) is 0 Å². The summed E-state index contributed by atoms with van der Waals surface area (Å²) in [6, 6.07) is 80.7. The number of hydrogen-bond donors (Lipinski definition) is 0. The summed E-state index contributed by atoms with van der Waals surface area (Å²) in [6.07, 6.45) is 0. The lowest BCUT2D eigenvalue weighted by molar-refractivity contribution is 1.07. The van der Waals surface area contributed by atoms with E-state index in [1.54, 1.807) is 0 Å². The van der Waals surface area contributed by atoms with Gasteiger partial charge in [-0.25, -0.2) is 15.0 Å². The normalized spacial score (nSPS) is 11.9. The highest BCUT2D eigenvalue weighted by molar-refractivity contribution is 6.25. The van der Waals surface area contributed by atoms with Crippen LogP contribution in [0, 0.1) is 0 Å². The van der Waals surface area contributed by atoms with E-state index in [9.17, 15) is 0 Å². The van der Waals surface area contributed by atoms with Crippen LogP contribution in [0.5, 0.6) is 0 Å². The Bertz CT molecular complexity index is 4290. The molecule has 0 saturated carbocycles. The fraction of sp³-hybridized carbons (Fsp3) is 0. The summed E-state index contributed by atoms with van der Waals surface area (Å²) in [7, 11) is 0. The first-order chi connectivity index (χ1) is 32.7. The molecule has 0 aliphatic rings. The third-order valence-corrected chi connectivity index (χ3v) is 13.5. The fourth-order valence-corrected chi connectivity index (χ4v) is 10.4. The van der Waals surface area contributed by atoms with E-state index in [0.29, 0.717) is 17.5 Å². The Kier molecular flexibility index (Phi) is 7.91. The third kappa shape index (κ3) is 5.63. The Morgan fingerprint density at radius 1 is 0.258 bits per heavy atom. The summed E-state index contributed by atoms with van der Waals surface area (Å²) in [5, 5.41) is 14.3. The van der Waals surface area contributed by atoms with Crippen LogP contribution in [0.4, 0.5) is 0 Å². The standard InChI is InChI=1S/C61H37N5/c1-2-17-41(18-3-1)59-62-60(45-27-26-38-14-4-6-19-42(38)32-45)64-61(63-59)46-33-44-21-9-10-22-48(44)55(35-46)66-53-25-13-12-24-50(53)51-36-52-57(37-56(51)66)65(47-30-28-39-15-5-7-20-43(39)34-47)54-31-29-40-16-8-11-23-49(40)58(52)54/h1-37H. The molecule has 0 bridgehead atoms. The Morgan fingerprint density at radius 2 is 0.818 bits per heavy atom. The summed E-state index contributed by atoms with van der Waals surface area (Å²) in [4.78, 5) is 15.6. The lowest BCUT2D eigenvalue weighted by Crippen LogP contribution is -2.02. The molecule has 0 unspecified atom stereocenters. The molecule has 0 aliphatic carbocycles. The second kappa shape index (κ2) is 14.3. The molecule has 5 heteroatoms. The molecule has 66 heavy (non-hydrogen) atoms. The van der Waals surface area contributed by atoms with Crippen molar-refractivity contribution in [1.82, 2.24) is 24.1 Å². The second-order valence-corrected chi connectivity index (χ2v) is 17.2. The van der Waals surface area contributed by atoms with Crippen LogP contribution in [0.2, 0.25) is 0 Å². The van der Waals surface area contributed by atoms with Gasteiger partial charge in [-0.3, -0.25) is 0 Å². The maximum absolute atomic E-state index is 5.28. The predicted octanol–water partition coefficient (Wildman–Crippen LogP) is 15.7. The van der Waals surface area contributed by atoms with E-state index in [-0.39, 0.29) is 0 Å². The number of nitrogens with zero attached hydrogens (tertiary/aromatic N) is 5. The van der Waals surface area contributed by atoms with Crippen molar-refractivity contribution in [3.05, 3.63) is 224 Å². The van der Waals surface area contributed by atoms with E-state index >= 15 is 0 Å². The highest BCUT2D eigenvalue weighted by atomic mass is 15.0. The van der Waals surface area contributed by atoms with Crippen molar-refractivity contribution >= 4 is 86.7 Å². The lowest BCUT2D eigenvalue weighted by Gasteiger charge is -2.15. The van der Waals surface area contributed by atoms with E-state index in [2.05, 4.69) is 215 Å². The average Bonchev–Trinajstić information content (AvgIpc) is 3.89. The van der Waals surface area contributed by atoms with Gasteiger partial charge in [0.05, 0.1) is 27.8 Å². The Hall–Kier alpha value is -8.93. The van der Waals surface area contributed by atoms with Gasteiger partial charge >= 0.3 is 0 Å². The first-order valence-electron chi connectivity index (χ1n) is 22.4. The smallest absolute Gasteiger partial charge is 0.164 e. The summed E-state index contributed by atoms with van der Waals surface area (Å²) in [6.45, 7) is 0. The van der Waals surface area contributed by atoms with Crippen molar-refractivity contribution in [2.45, 2.75) is 0 Å². The highest BCUT2D eigenvalue weighted by Gasteiger charge is 2.22. The van der Waals surface area contributed by atoms with Gasteiger partial charge in [-0.15, -0.1) is 0 Å². The Balaban J connectivity index is 1.06. The van der Waals surface area contributed by atoms with Gasteiger partial charge in [0.25, 0.3) is 0 Å². The molecule has 0 amide bonds. The minimum atomic E-state index is 0.616. The molecule has 306 valence electrons. The molecule has 0 aliphatic heterocycles. The van der Waals surface area contributed by atoms with Gasteiger partial charge < -0.3 is 9.13 Å². The van der Waals surface area contributed by atoms with Gasteiger partial charge in [-0.1, -0.05) is 170 Å². The minimum absolute atomic E-state index is 0.616. The van der Waals surface area contributed by atoms with Crippen molar-refractivity contribution in [2.75, 3.05) is 0 Å². The zero-order valence-electron chi connectivity index (χ0n) is 35.6. The molecule has 14 rings (SSSR count). The topological polar surface area (TPSA) is 48.5 Å². The van der Waals surface area contributed by atoms with E-state index in [1.165, 1.54) is 54.0 Å². The monoisotopic (exact) mass is 839 g/mol. The van der Waals surface area contributed by atoms with Crippen molar-refractivity contribution in [2.24, 2.45) is 0 Å². The molecular formula is C61H37N5. The first kappa shape index (κ1) is 36.5. The van der Waals surface area contributed by atoms with Crippen LogP contribution in [0.1, 0.15) is 0 Å². The SMILES string of the molecule is c1ccc(-c2nc(-c3ccc4ccccc4c3)nc(-c3cc(-n4c5ccccc5c5cc6c7c8ccccc8ccc7n(-c7ccc8ccccc8c7)c6cc54)c4ccccc4c3)n2)cc1. The number of aromatic nitrogens is 5. The van der Waals surface area contributed by atoms with E-state index in [0.717, 1.165) is 60.8 Å². The van der Waals surface area contributed by atoms with Crippen LogP contribution in [-0.2, 0) is 0 Å². The Labute approximate surface area is 379 Å². The summed E-state index contributed by atoms with van der Waals surface area (Å²) >= 11 is 0.